The summed E-state index contributed by atoms with van der Waals surface area (Å²) >= 11 is 1.21. The second-order valence-electron chi connectivity index (χ2n) is 5.12. The summed E-state index contributed by atoms with van der Waals surface area (Å²) in [6.45, 7) is 2.57. The van der Waals surface area contributed by atoms with Gasteiger partial charge in [0, 0.05) is 29.7 Å². The molecule has 1 unspecified atom stereocenters. The minimum Gasteiger partial charge on any atom is -0.312 e. The summed E-state index contributed by atoms with van der Waals surface area (Å²) in [5.41, 5.74) is 0.725. The van der Waals surface area contributed by atoms with Gasteiger partial charge in [0.2, 0.25) is 5.91 Å². The SMILES string of the molecule is CC1CCN(c2ccc(S(=O)(=O)Nc3nccs3)cc2)C1=O. The minimum absolute atomic E-state index is 0.0231. The molecular formula is C14H15N3O3S2. The van der Waals surface area contributed by atoms with Crippen molar-refractivity contribution in [2.75, 3.05) is 16.2 Å². The molecule has 8 heteroatoms. The van der Waals surface area contributed by atoms with Gasteiger partial charge in [-0.25, -0.2) is 13.4 Å². The zero-order valence-corrected chi connectivity index (χ0v) is 13.5. The maximum Gasteiger partial charge on any atom is 0.263 e. The Bertz CT molecular complexity index is 770. The van der Waals surface area contributed by atoms with Crippen LogP contribution in [0.2, 0.25) is 0 Å². The minimum atomic E-state index is -3.65. The molecule has 1 amide bonds. The molecule has 1 aliphatic rings. The summed E-state index contributed by atoms with van der Waals surface area (Å²) in [5, 5.41) is 2.02. The molecule has 6 nitrogen and oxygen atoms in total. The van der Waals surface area contributed by atoms with Gasteiger partial charge in [-0.1, -0.05) is 6.92 Å². The van der Waals surface area contributed by atoms with Crippen molar-refractivity contribution in [1.29, 1.82) is 0 Å². The molecule has 0 radical (unpaired) electrons. The van der Waals surface area contributed by atoms with E-state index < -0.39 is 10.0 Å². The van der Waals surface area contributed by atoms with Crippen molar-refractivity contribution in [2.24, 2.45) is 5.92 Å². The molecule has 1 fully saturated rings. The van der Waals surface area contributed by atoms with Gasteiger partial charge in [-0.3, -0.25) is 9.52 Å². The number of benzene rings is 1. The summed E-state index contributed by atoms with van der Waals surface area (Å²) in [4.78, 5) is 17.7. The van der Waals surface area contributed by atoms with Gasteiger partial charge in [0.15, 0.2) is 5.13 Å². The van der Waals surface area contributed by atoms with Crippen molar-refractivity contribution in [3.8, 4) is 0 Å². The summed E-state index contributed by atoms with van der Waals surface area (Å²) < 4.78 is 26.9. The second kappa shape index (κ2) is 5.69. The van der Waals surface area contributed by atoms with Crippen LogP contribution in [0.1, 0.15) is 13.3 Å². The fourth-order valence-electron chi connectivity index (χ4n) is 2.33. The average Bonchev–Trinajstić information content (AvgIpc) is 3.10. The van der Waals surface area contributed by atoms with Gasteiger partial charge in [0.1, 0.15) is 0 Å². The van der Waals surface area contributed by atoms with Crippen molar-refractivity contribution >= 4 is 38.1 Å². The Labute approximate surface area is 132 Å². The third-order valence-electron chi connectivity index (χ3n) is 3.59. The van der Waals surface area contributed by atoms with Crippen LogP contribution in [0.15, 0.2) is 40.7 Å². The van der Waals surface area contributed by atoms with E-state index in [-0.39, 0.29) is 16.7 Å². The number of amides is 1. The Morgan fingerprint density at radius 1 is 1.32 bits per heavy atom. The number of sulfonamides is 1. The van der Waals surface area contributed by atoms with E-state index >= 15 is 0 Å². The molecule has 0 saturated carbocycles. The third-order valence-corrected chi connectivity index (χ3v) is 5.76. The predicted molar refractivity (Wildman–Crippen MR) is 85.5 cm³/mol. The number of rotatable bonds is 4. The normalized spacial score (nSPS) is 18.7. The Balaban J connectivity index is 1.81. The van der Waals surface area contributed by atoms with Crippen LogP contribution >= 0.6 is 11.3 Å². The number of aromatic nitrogens is 1. The molecule has 116 valence electrons. The Kier molecular flexibility index (Phi) is 3.88. The number of nitrogens with zero attached hydrogens (tertiary/aromatic N) is 2. The molecule has 1 aromatic heterocycles. The van der Waals surface area contributed by atoms with Crippen molar-refractivity contribution in [3.05, 3.63) is 35.8 Å². The second-order valence-corrected chi connectivity index (χ2v) is 7.69. The van der Waals surface area contributed by atoms with E-state index in [1.54, 1.807) is 22.4 Å². The molecule has 0 aliphatic carbocycles. The molecule has 1 aromatic carbocycles. The molecule has 22 heavy (non-hydrogen) atoms. The first-order valence-electron chi connectivity index (χ1n) is 6.81. The highest BCUT2D eigenvalue weighted by atomic mass is 32.2. The molecule has 0 spiro atoms. The van der Waals surface area contributed by atoms with Crippen LogP contribution in [0.4, 0.5) is 10.8 Å². The van der Waals surface area contributed by atoms with Gasteiger partial charge in [-0.15, -0.1) is 11.3 Å². The van der Waals surface area contributed by atoms with Crippen LogP contribution in [-0.2, 0) is 14.8 Å². The molecular weight excluding hydrogens is 322 g/mol. The molecule has 2 heterocycles. The highest BCUT2D eigenvalue weighted by molar-refractivity contribution is 7.93. The Morgan fingerprint density at radius 2 is 2.05 bits per heavy atom. The fourth-order valence-corrected chi connectivity index (χ4v) is 4.12. The standard InChI is InChI=1S/C14H15N3O3S2/c1-10-6-8-17(13(10)18)11-2-4-12(5-3-11)22(19,20)16-14-15-7-9-21-14/h2-5,7,9-10H,6,8H2,1H3,(H,15,16). The predicted octanol–water partition coefficient (Wildman–Crippen LogP) is 2.32. The summed E-state index contributed by atoms with van der Waals surface area (Å²) in [7, 11) is -3.65. The van der Waals surface area contributed by atoms with E-state index in [9.17, 15) is 13.2 Å². The van der Waals surface area contributed by atoms with Crippen molar-refractivity contribution in [3.63, 3.8) is 0 Å². The molecule has 1 N–H and O–H groups in total. The van der Waals surface area contributed by atoms with Crippen LogP contribution in [0.25, 0.3) is 0 Å². The summed E-state index contributed by atoms with van der Waals surface area (Å²) in [6, 6.07) is 6.32. The zero-order valence-electron chi connectivity index (χ0n) is 11.9. The molecule has 3 rings (SSSR count). The van der Waals surface area contributed by atoms with Crippen LogP contribution in [0.5, 0.6) is 0 Å². The lowest BCUT2D eigenvalue weighted by molar-refractivity contribution is -0.119. The van der Waals surface area contributed by atoms with E-state index in [4.69, 9.17) is 0 Å². The lowest BCUT2D eigenvalue weighted by Crippen LogP contribution is -2.26. The first kappa shape index (κ1) is 15.0. The highest BCUT2D eigenvalue weighted by Gasteiger charge is 2.29. The van der Waals surface area contributed by atoms with Crippen molar-refractivity contribution in [2.45, 2.75) is 18.2 Å². The first-order chi connectivity index (χ1) is 10.5. The van der Waals surface area contributed by atoms with Crippen LogP contribution in [-0.4, -0.2) is 25.9 Å². The van der Waals surface area contributed by atoms with Gasteiger partial charge in [-0.05, 0) is 30.7 Å². The molecule has 0 bridgehead atoms. The van der Waals surface area contributed by atoms with Crippen molar-refractivity contribution in [1.82, 2.24) is 4.98 Å². The number of carbonyl (C=O) groups is 1. The molecule has 1 aliphatic heterocycles. The van der Waals surface area contributed by atoms with Gasteiger partial charge in [0.05, 0.1) is 4.90 Å². The average molecular weight is 337 g/mol. The topological polar surface area (TPSA) is 79.4 Å². The number of anilines is 2. The highest BCUT2D eigenvalue weighted by Crippen LogP contribution is 2.26. The van der Waals surface area contributed by atoms with Gasteiger partial charge >= 0.3 is 0 Å². The van der Waals surface area contributed by atoms with Gasteiger partial charge in [0.25, 0.3) is 10.0 Å². The van der Waals surface area contributed by atoms with Gasteiger partial charge < -0.3 is 4.90 Å². The van der Waals surface area contributed by atoms with E-state index in [0.717, 1.165) is 12.1 Å². The lowest BCUT2D eigenvalue weighted by atomic mass is 10.1. The van der Waals surface area contributed by atoms with E-state index in [2.05, 4.69) is 9.71 Å². The number of hydrogen-bond acceptors (Lipinski definition) is 5. The fraction of sp³-hybridized carbons (Fsp3) is 0.286. The Hall–Kier alpha value is -1.93. The third kappa shape index (κ3) is 2.84. The Morgan fingerprint density at radius 3 is 2.59 bits per heavy atom. The summed E-state index contributed by atoms with van der Waals surface area (Å²) in [6.07, 6.45) is 2.36. The molecule has 1 saturated heterocycles. The number of hydrogen-bond donors (Lipinski definition) is 1. The number of thiazole rings is 1. The van der Waals surface area contributed by atoms with Crippen LogP contribution in [0, 0.1) is 5.92 Å². The largest absolute Gasteiger partial charge is 0.312 e. The quantitative estimate of drug-likeness (QED) is 0.928. The van der Waals surface area contributed by atoms with E-state index in [1.165, 1.54) is 29.7 Å². The maximum atomic E-state index is 12.2. The van der Waals surface area contributed by atoms with Gasteiger partial charge in [-0.2, -0.15) is 0 Å². The first-order valence-corrected chi connectivity index (χ1v) is 9.17. The zero-order chi connectivity index (χ0) is 15.7. The van der Waals surface area contributed by atoms with E-state index in [1.807, 2.05) is 6.92 Å². The lowest BCUT2D eigenvalue weighted by Gasteiger charge is -2.16. The van der Waals surface area contributed by atoms with Crippen LogP contribution < -0.4 is 9.62 Å². The summed E-state index contributed by atoms with van der Waals surface area (Å²) in [5.74, 6) is 0.103. The molecule has 2 aromatic rings. The smallest absolute Gasteiger partial charge is 0.263 e. The van der Waals surface area contributed by atoms with Crippen LogP contribution in [0.3, 0.4) is 0 Å². The maximum absolute atomic E-state index is 12.2. The van der Waals surface area contributed by atoms with E-state index in [0.29, 0.717) is 11.7 Å². The monoisotopic (exact) mass is 337 g/mol. The molecule has 1 atom stereocenters. The number of carbonyl (C=O) groups excluding carboxylic acids is 1. The number of nitrogens with one attached hydrogen (secondary N) is 1. The van der Waals surface area contributed by atoms with Crippen molar-refractivity contribution < 1.29 is 13.2 Å².